The molecule has 0 aliphatic rings. The summed E-state index contributed by atoms with van der Waals surface area (Å²) in [6, 6.07) is 17.0. The molecule has 3 heteroatoms. The lowest BCUT2D eigenvalue weighted by Gasteiger charge is -2.07. The maximum absolute atomic E-state index is 10.7. The Kier molecular flexibility index (Phi) is 3.32. The minimum absolute atomic E-state index is 0.00247. The fourth-order valence-corrected chi connectivity index (χ4v) is 2.35. The Bertz CT molecular complexity index is 822. The van der Waals surface area contributed by atoms with Gasteiger partial charge in [0.15, 0.2) is 6.29 Å². The number of phenols is 1. The van der Waals surface area contributed by atoms with Crippen LogP contribution in [-0.4, -0.2) is 18.5 Å². The number of hydrogen-bond acceptors (Lipinski definition) is 3. The molecular formula is C18H14O3. The summed E-state index contributed by atoms with van der Waals surface area (Å²) in [5.41, 5.74) is 2.15. The Morgan fingerprint density at radius 3 is 2.29 bits per heavy atom. The Morgan fingerprint density at radius 2 is 1.57 bits per heavy atom. The van der Waals surface area contributed by atoms with E-state index in [0.29, 0.717) is 11.8 Å². The van der Waals surface area contributed by atoms with Crippen LogP contribution in [-0.2, 0) is 0 Å². The van der Waals surface area contributed by atoms with Crippen LogP contribution in [0.3, 0.4) is 0 Å². The smallest absolute Gasteiger partial charge is 0.153 e. The normalized spacial score (nSPS) is 10.5. The molecule has 0 heterocycles. The van der Waals surface area contributed by atoms with Crippen molar-refractivity contribution in [3.8, 4) is 22.6 Å². The summed E-state index contributed by atoms with van der Waals surface area (Å²) >= 11 is 0. The van der Waals surface area contributed by atoms with Crippen molar-refractivity contribution >= 4 is 17.1 Å². The van der Waals surface area contributed by atoms with Gasteiger partial charge in [-0.2, -0.15) is 0 Å². The highest BCUT2D eigenvalue weighted by Gasteiger charge is 2.05. The van der Waals surface area contributed by atoms with Crippen LogP contribution in [0.2, 0.25) is 0 Å². The summed E-state index contributed by atoms with van der Waals surface area (Å²) in [7, 11) is 1.65. The van der Waals surface area contributed by atoms with E-state index in [2.05, 4.69) is 0 Å². The van der Waals surface area contributed by atoms with Gasteiger partial charge in [0, 0.05) is 0 Å². The molecule has 0 saturated heterocycles. The summed E-state index contributed by atoms with van der Waals surface area (Å²) < 4.78 is 5.21. The van der Waals surface area contributed by atoms with Crippen molar-refractivity contribution in [3.05, 3.63) is 60.2 Å². The molecular weight excluding hydrogens is 264 g/mol. The number of aromatic hydroxyl groups is 1. The van der Waals surface area contributed by atoms with Crippen LogP contribution in [0, 0.1) is 0 Å². The summed E-state index contributed by atoms with van der Waals surface area (Å²) in [6.45, 7) is 0. The van der Waals surface area contributed by atoms with Crippen LogP contribution < -0.4 is 4.74 Å². The number of benzene rings is 3. The molecule has 0 radical (unpaired) electrons. The third-order valence-electron chi connectivity index (χ3n) is 3.54. The number of carbonyl (C=O) groups is 1. The van der Waals surface area contributed by atoms with Crippen LogP contribution >= 0.6 is 0 Å². The Labute approximate surface area is 122 Å². The molecule has 0 atom stereocenters. The molecule has 0 aliphatic carbocycles. The van der Waals surface area contributed by atoms with Crippen LogP contribution in [0.15, 0.2) is 54.6 Å². The zero-order chi connectivity index (χ0) is 14.8. The highest BCUT2D eigenvalue weighted by molar-refractivity contribution is 5.89. The Hall–Kier alpha value is -2.81. The average molecular weight is 278 g/mol. The number of fused-ring (bicyclic) bond motifs is 1. The van der Waals surface area contributed by atoms with E-state index < -0.39 is 0 Å². The van der Waals surface area contributed by atoms with Crippen molar-refractivity contribution in [3.63, 3.8) is 0 Å². The third-order valence-corrected chi connectivity index (χ3v) is 3.54. The maximum atomic E-state index is 10.7. The van der Waals surface area contributed by atoms with Crippen molar-refractivity contribution in [1.82, 2.24) is 0 Å². The van der Waals surface area contributed by atoms with Crippen LogP contribution in [0.4, 0.5) is 0 Å². The molecule has 3 aromatic carbocycles. The lowest BCUT2D eigenvalue weighted by atomic mass is 10.00. The first kappa shape index (κ1) is 13.2. The molecule has 104 valence electrons. The van der Waals surface area contributed by atoms with Gasteiger partial charge in [0.25, 0.3) is 0 Å². The van der Waals surface area contributed by atoms with Gasteiger partial charge in [0.2, 0.25) is 0 Å². The summed E-state index contributed by atoms with van der Waals surface area (Å²) in [6.07, 6.45) is 0.645. The van der Waals surface area contributed by atoms with Gasteiger partial charge >= 0.3 is 0 Å². The summed E-state index contributed by atoms with van der Waals surface area (Å²) in [5.74, 6) is 0.820. The van der Waals surface area contributed by atoms with Gasteiger partial charge in [-0.3, -0.25) is 4.79 Å². The number of carbonyl (C=O) groups excluding carboxylic acids is 1. The van der Waals surface area contributed by atoms with Gasteiger partial charge in [-0.05, 0) is 52.2 Å². The monoisotopic (exact) mass is 278 g/mol. The predicted octanol–water partition coefficient (Wildman–Crippen LogP) is 4.03. The molecule has 0 spiro atoms. The minimum Gasteiger partial charge on any atom is -0.507 e. The third kappa shape index (κ3) is 2.46. The van der Waals surface area contributed by atoms with Crippen molar-refractivity contribution in [2.24, 2.45) is 0 Å². The van der Waals surface area contributed by atoms with Gasteiger partial charge in [-0.15, -0.1) is 0 Å². The minimum atomic E-state index is -0.00247. The van der Waals surface area contributed by atoms with Gasteiger partial charge in [-0.25, -0.2) is 0 Å². The van der Waals surface area contributed by atoms with Gasteiger partial charge < -0.3 is 9.84 Å². The number of hydrogen-bond donors (Lipinski definition) is 1. The predicted molar refractivity (Wildman–Crippen MR) is 83.0 cm³/mol. The molecule has 0 aliphatic heterocycles. The second-order valence-corrected chi connectivity index (χ2v) is 4.82. The first-order valence-electron chi connectivity index (χ1n) is 6.57. The zero-order valence-corrected chi connectivity index (χ0v) is 11.5. The van der Waals surface area contributed by atoms with Crippen molar-refractivity contribution < 1.29 is 14.6 Å². The lowest BCUT2D eigenvalue weighted by molar-refractivity contribution is 0.112. The molecule has 0 unspecified atom stereocenters. The molecule has 0 bridgehead atoms. The average Bonchev–Trinajstić information content (AvgIpc) is 2.53. The van der Waals surface area contributed by atoms with E-state index in [1.54, 1.807) is 19.2 Å². The lowest BCUT2D eigenvalue weighted by Crippen LogP contribution is -1.85. The zero-order valence-electron chi connectivity index (χ0n) is 11.5. The van der Waals surface area contributed by atoms with E-state index >= 15 is 0 Å². The second-order valence-electron chi connectivity index (χ2n) is 4.82. The molecule has 1 N–H and O–H groups in total. The quantitative estimate of drug-likeness (QED) is 0.736. The molecule has 21 heavy (non-hydrogen) atoms. The molecule has 0 amide bonds. The van der Waals surface area contributed by atoms with Gasteiger partial charge in [-0.1, -0.05) is 24.3 Å². The first-order chi connectivity index (χ1) is 10.2. The Morgan fingerprint density at radius 1 is 0.905 bits per heavy atom. The first-order valence-corrected chi connectivity index (χ1v) is 6.57. The maximum Gasteiger partial charge on any atom is 0.153 e. The SMILES string of the molecule is COc1ccc2cc(-c3ccc(C=O)c(O)c3)ccc2c1. The van der Waals surface area contributed by atoms with E-state index in [9.17, 15) is 9.90 Å². The van der Waals surface area contributed by atoms with Crippen molar-refractivity contribution in [2.45, 2.75) is 0 Å². The topological polar surface area (TPSA) is 46.5 Å². The largest absolute Gasteiger partial charge is 0.507 e. The molecule has 3 aromatic rings. The summed E-state index contributed by atoms with van der Waals surface area (Å²) in [4.78, 5) is 10.7. The fraction of sp³-hybridized carbons (Fsp3) is 0.0556. The number of phenolic OH excluding ortho intramolecular Hbond substituents is 1. The molecule has 0 fully saturated rings. The van der Waals surface area contributed by atoms with E-state index in [4.69, 9.17) is 4.74 Å². The standard InChI is InChI=1S/C18H14O3/c1-21-17-7-6-13-8-12(2-3-14(13)9-17)15-4-5-16(11-19)18(20)10-15/h2-11,20H,1H3. The number of methoxy groups -OCH3 is 1. The van der Waals surface area contributed by atoms with Crippen LogP contribution in [0.5, 0.6) is 11.5 Å². The van der Waals surface area contributed by atoms with E-state index in [1.165, 1.54) is 0 Å². The van der Waals surface area contributed by atoms with Gasteiger partial charge in [0.1, 0.15) is 11.5 Å². The van der Waals surface area contributed by atoms with Crippen molar-refractivity contribution in [1.29, 1.82) is 0 Å². The molecule has 0 saturated carbocycles. The van der Waals surface area contributed by atoms with E-state index in [-0.39, 0.29) is 5.75 Å². The van der Waals surface area contributed by atoms with E-state index in [1.807, 2.05) is 42.5 Å². The molecule has 3 nitrogen and oxygen atoms in total. The Balaban J connectivity index is 2.08. The van der Waals surface area contributed by atoms with Crippen LogP contribution in [0.1, 0.15) is 10.4 Å². The van der Waals surface area contributed by atoms with Crippen molar-refractivity contribution in [2.75, 3.05) is 7.11 Å². The van der Waals surface area contributed by atoms with E-state index in [0.717, 1.165) is 27.6 Å². The number of aldehydes is 1. The fourth-order valence-electron chi connectivity index (χ4n) is 2.35. The molecule has 0 aromatic heterocycles. The second kappa shape index (κ2) is 5.29. The molecule has 3 rings (SSSR count). The van der Waals surface area contributed by atoms with Crippen LogP contribution in [0.25, 0.3) is 21.9 Å². The summed E-state index contributed by atoms with van der Waals surface area (Å²) in [5, 5.41) is 12.0. The highest BCUT2D eigenvalue weighted by atomic mass is 16.5. The highest BCUT2D eigenvalue weighted by Crippen LogP contribution is 2.29. The van der Waals surface area contributed by atoms with Gasteiger partial charge in [0.05, 0.1) is 12.7 Å². The number of ether oxygens (including phenoxy) is 1. The number of rotatable bonds is 3.